The molecule has 6 heterocycles. The fraction of sp³-hybridized carbons (Fsp3) is 0.0444. The first kappa shape index (κ1) is 62.3. The number of hydrogen-bond acceptors (Lipinski definition) is 3. The molecule has 0 N–H and O–H groups in total. The summed E-state index contributed by atoms with van der Waals surface area (Å²) in [7, 11) is 4.47. The van der Waals surface area contributed by atoms with Gasteiger partial charge in [-0.05, 0) is 114 Å². The number of fused-ring (bicyclic) bond motifs is 18. The first-order valence-corrected chi connectivity index (χ1v) is 33.9. The van der Waals surface area contributed by atoms with Crippen LogP contribution in [0.2, 0.25) is 0 Å². The molecule has 0 bridgehead atoms. The van der Waals surface area contributed by atoms with E-state index in [4.69, 9.17) is 0 Å². The van der Waals surface area contributed by atoms with E-state index in [0.717, 1.165) is 138 Å². The van der Waals surface area contributed by atoms with Gasteiger partial charge in [0.1, 0.15) is 34.6 Å². The molecular formula is C90H62F2N9P. The van der Waals surface area contributed by atoms with E-state index in [-0.39, 0.29) is 24.4 Å². The van der Waals surface area contributed by atoms with Crippen molar-refractivity contribution in [3.8, 4) is 46.3 Å². The van der Waals surface area contributed by atoms with Gasteiger partial charge in [0.2, 0.25) is 0 Å². The molecule has 0 atom stereocenters. The summed E-state index contributed by atoms with van der Waals surface area (Å²) in [6, 6.07) is 104. The van der Waals surface area contributed by atoms with Crippen LogP contribution in [-0.2, 0) is 0 Å². The van der Waals surface area contributed by atoms with Crippen LogP contribution in [0.3, 0.4) is 0 Å². The predicted molar refractivity (Wildman–Crippen MR) is 421 cm³/mol. The van der Waals surface area contributed by atoms with E-state index in [1.54, 1.807) is 16.2 Å². The Morgan fingerprint density at radius 3 is 0.716 bits per heavy atom. The molecule has 6 aromatic heterocycles. The second kappa shape index (κ2) is 24.7. The summed E-state index contributed by atoms with van der Waals surface area (Å²) in [5, 5.41) is 35.6. The van der Waals surface area contributed by atoms with E-state index in [1.165, 1.54) is 32.7 Å². The molecule has 20 rings (SSSR count). The lowest BCUT2D eigenvalue weighted by molar-refractivity contribution is 0.574. The molecule has 0 aliphatic carbocycles. The average Bonchev–Trinajstić information content (AvgIpc) is 1.51. The lowest BCUT2D eigenvalue weighted by Gasteiger charge is -2.25. The summed E-state index contributed by atoms with van der Waals surface area (Å²) in [4.78, 5) is 0. The average molecular weight is 1340 g/mol. The molecule has 0 fully saturated rings. The molecular weight excluding hydrogens is 1280 g/mol. The summed E-state index contributed by atoms with van der Waals surface area (Å²) in [6.07, 6.45) is 0. The maximum Gasteiger partial charge on any atom is 0.151 e. The Morgan fingerprint density at radius 2 is 0.471 bits per heavy atom. The second-order valence-corrected chi connectivity index (χ2v) is 26.0. The van der Waals surface area contributed by atoms with E-state index in [0.29, 0.717) is 5.56 Å². The van der Waals surface area contributed by atoms with Crippen LogP contribution in [0.25, 0.3) is 165 Å². The van der Waals surface area contributed by atoms with E-state index in [9.17, 15) is 10.5 Å². The van der Waals surface area contributed by atoms with Crippen LogP contribution in [-0.4, -0.2) is 34.5 Å². The molecule has 0 spiro atoms. The fourth-order valence-corrected chi connectivity index (χ4v) is 16.0. The smallest absolute Gasteiger partial charge is 0.151 e. The van der Waals surface area contributed by atoms with Crippen LogP contribution >= 0.6 is 9.03 Å². The van der Waals surface area contributed by atoms with Crippen LogP contribution in [0.4, 0.5) is 8.78 Å². The zero-order chi connectivity index (χ0) is 68.3. The van der Waals surface area contributed by atoms with Gasteiger partial charge in [0.15, 0.2) is 11.6 Å². The van der Waals surface area contributed by atoms with Crippen LogP contribution in [0.5, 0.6) is 0 Å². The predicted octanol–water partition coefficient (Wildman–Crippen LogP) is 24.2. The minimum atomic E-state index is -0.792. The SMILES string of the molecule is C.CN=P.Cc1ccc2c(c1)c1ccccc1n2-c1cc(-n2c3ccccc3c3cc(C)ccc32)c(-n2c3ccccc3c3ccccc32)c(C#N)c1-n1c2ccccc2c2ccccc21.N#Cc1c(-n2c3ccccc3c3ccccc32)c(F)cc(F)c1-n1c2ccccc2c2ccccc21. The Kier molecular flexibility index (Phi) is 15.1. The topological polar surface area (TPSA) is 89.5 Å². The molecule has 0 aliphatic heterocycles. The molecule has 486 valence electrons. The first-order valence-electron chi connectivity index (χ1n) is 33.4. The maximum atomic E-state index is 15.7. The minimum Gasteiger partial charge on any atom is -0.307 e. The zero-order valence-corrected chi connectivity index (χ0v) is 56.0. The largest absolute Gasteiger partial charge is 0.307 e. The normalized spacial score (nSPS) is 11.5. The van der Waals surface area contributed by atoms with Crippen LogP contribution in [0, 0.1) is 48.1 Å². The van der Waals surface area contributed by atoms with Gasteiger partial charge < -0.3 is 27.4 Å². The van der Waals surface area contributed by atoms with Crippen molar-refractivity contribution in [3.63, 3.8) is 0 Å². The van der Waals surface area contributed by atoms with Crippen molar-refractivity contribution in [2.45, 2.75) is 21.3 Å². The fourth-order valence-electron chi connectivity index (χ4n) is 16.0. The van der Waals surface area contributed by atoms with Crippen molar-refractivity contribution in [2.75, 3.05) is 7.05 Å². The number of benzene rings is 14. The molecule has 12 heteroatoms. The van der Waals surface area contributed by atoms with Crippen molar-refractivity contribution < 1.29 is 8.78 Å². The monoisotopic (exact) mass is 1340 g/mol. The van der Waals surface area contributed by atoms with E-state index in [1.807, 2.05) is 97.1 Å². The molecule has 20 aromatic rings. The number of aryl methyl sites for hydroxylation is 2. The highest BCUT2D eigenvalue weighted by Gasteiger charge is 2.32. The van der Waals surface area contributed by atoms with E-state index in [2.05, 4.69) is 246 Å². The molecule has 102 heavy (non-hydrogen) atoms. The summed E-state index contributed by atoms with van der Waals surface area (Å²) < 4.78 is 47.8. The van der Waals surface area contributed by atoms with Gasteiger partial charge >= 0.3 is 0 Å². The van der Waals surface area contributed by atoms with Crippen molar-refractivity contribution in [3.05, 3.63) is 325 Å². The maximum absolute atomic E-state index is 15.7. The number of nitriles is 2. The standard InChI is InChI=1S/C57H37N5.C31H17F2N3.CH4NP.CH4/c1-35-27-29-52-43(31-35)41-19-7-9-21-46(41)59(52)54-33-55(60-47-22-10-8-20-42(47)44-32-36(2)28-30-53(44)60)57(62-50-25-13-5-17-39(50)40-18-6-14-26-51(40)62)45(34-58)56(54)61-48-23-11-3-15-37(48)38-16-4-12-24-49(38)61;32-24-17-25(33)31(36-28-15-7-3-11-21(28)22-12-4-8-16-29(22)36)23(18-34)30(24)35-26-13-5-1-9-19(26)20-10-2-6-14-27(20)35;1-2-3;/h3-33H,1-2H3;1-17H;3H,1H3;1H4. The molecule has 0 unspecified atom stereocenters. The van der Waals surface area contributed by atoms with Gasteiger partial charge in [-0.1, -0.05) is 213 Å². The van der Waals surface area contributed by atoms with Gasteiger partial charge in [-0.2, -0.15) is 10.5 Å². The van der Waals surface area contributed by atoms with Crippen molar-refractivity contribution >= 4 is 140 Å². The van der Waals surface area contributed by atoms with Crippen molar-refractivity contribution in [1.29, 1.82) is 10.5 Å². The summed E-state index contributed by atoms with van der Waals surface area (Å²) in [5.74, 6) is -1.58. The Labute approximate surface area is 587 Å². The lowest BCUT2D eigenvalue weighted by Crippen LogP contribution is -2.13. The number of nitrogens with zero attached hydrogens (tertiary/aromatic N) is 9. The number of halogens is 2. The summed E-state index contributed by atoms with van der Waals surface area (Å²) in [5.41, 5.74) is 17.9. The van der Waals surface area contributed by atoms with Crippen molar-refractivity contribution in [1.82, 2.24) is 27.4 Å². The quantitative estimate of drug-likeness (QED) is 0.155. The number of para-hydroxylation sites is 10. The Bertz CT molecular complexity index is 6370. The lowest BCUT2D eigenvalue weighted by atomic mass is 10.0. The molecule has 0 aliphatic rings. The number of rotatable bonds is 6. The van der Waals surface area contributed by atoms with Gasteiger partial charge in [0, 0.05) is 77.7 Å². The zero-order valence-electron chi connectivity index (χ0n) is 55.0. The molecule has 0 amide bonds. The Morgan fingerprint density at radius 1 is 0.275 bits per heavy atom. The minimum absolute atomic E-state index is 0. The third kappa shape index (κ3) is 9.26. The molecule has 0 saturated carbocycles. The van der Waals surface area contributed by atoms with Gasteiger partial charge in [0.05, 0.1) is 88.9 Å². The van der Waals surface area contributed by atoms with Gasteiger partial charge in [0.25, 0.3) is 0 Å². The second-order valence-electron chi connectivity index (χ2n) is 25.6. The van der Waals surface area contributed by atoms with Gasteiger partial charge in [-0.3, -0.25) is 4.74 Å². The van der Waals surface area contributed by atoms with E-state index < -0.39 is 11.6 Å². The summed E-state index contributed by atoms with van der Waals surface area (Å²) in [6.45, 7) is 4.32. The van der Waals surface area contributed by atoms with Gasteiger partial charge in [-0.15, -0.1) is 0 Å². The van der Waals surface area contributed by atoms with E-state index >= 15 is 8.78 Å². The third-order valence-electron chi connectivity index (χ3n) is 20.0. The van der Waals surface area contributed by atoms with Gasteiger partial charge in [-0.25, -0.2) is 8.78 Å². The molecule has 0 saturated heterocycles. The summed E-state index contributed by atoms with van der Waals surface area (Å²) >= 11 is 0. The number of aromatic nitrogens is 6. The van der Waals surface area contributed by atoms with Crippen LogP contribution < -0.4 is 0 Å². The third-order valence-corrected chi connectivity index (χ3v) is 20.0. The molecule has 0 radical (unpaired) electrons. The Hall–Kier alpha value is -13.2. The molecule has 14 aromatic carbocycles. The van der Waals surface area contributed by atoms with Crippen LogP contribution in [0.1, 0.15) is 29.7 Å². The van der Waals surface area contributed by atoms with Crippen LogP contribution in [0.15, 0.2) is 296 Å². The highest BCUT2D eigenvalue weighted by molar-refractivity contribution is 7.03. The molecule has 9 nitrogen and oxygen atoms in total. The number of hydrogen-bond donors (Lipinski definition) is 0. The highest BCUT2D eigenvalue weighted by Crippen LogP contribution is 2.48. The first-order chi connectivity index (χ1) is 49.7. The Balaban J connectivity index is 0.000000164. The van der Waals surface area contributed by atoms with Crippen molar-refractivity contribution in [2.24, 2.45) is 4.74 Å². The highest BCUT2D eigenvalue weighted by atomic mass is 31.0.